The number of hydrogen-bond donors (Lipinski definition) is 0. The molecule has 0 amide bonds. The Morgan fingerprint density at radius 1 is 0.682 bits per heavy atom. The van der Waals surface area contributed by atoms with Crippen molar-refractivity contribution in [2.24, 2.45) is 0 Å². The third kappa shape index (κ3) is 8.46. The number of para-hydroxylation sites is 2. The Morgan fingerprint density at radius 2 is 1.41 bits per heavy atom. The molecular weight excluding hydrogens is 1000 g/mol. The monoisotopic (exact) mass is 1050 g/mol. The number of pyridine rings is 2. The fourth-order valence-corrected chi connectivity index (χ4v) is 10.5. The molecule has 66 heavy (non-hydrogen) atoms. The summed E-state index contributed by atoms with van der Waals surface area (Å²) in [4.78, 5) is 14.6. The summed E-state index contributed by atoms with van der Waals surface area (Å²) < 4.78 is 18.1. The molecule has 2 unspecified atom stereocenters. The average molecular weight is 1050 g/mol. The molecule has 0 saturated heterocycles. The van der Waals surface area contributed by atoms with Crippen molar-refractivity contribution in [2.75, 3.05) is 0 Å². The molecule has 0 aliphatic heterocycles. The van der Waals surface area contributed by atoms with Gasteiger partial charge in [-0.15, -0.1) is 54.1 Å². The van der Waals surface area contributed by atoms with Gasteiger partial charge in [0.2, 0.25) is 5.71 Å². The Bertz CT molecular complexity index is 3530. The minimum absolute atomic E-state index is 0. The van der Waals surface area contributed by atoms with Gasteiger partial charge in [0.15, 0.2) is 0 Å². The van der Waals surface area contributed by atoms with Crippen molar-refractivity contribution in [2.45, 2.75) is 52.2 Å². The first-order valence-corrected chi connectivity index (χ1v) is 25.8. The van der Waals surface area contributed by atoms with Crippen LogP contribution in [0.15, 0.2) is 187 Å². The molecular formula is C59H50IrN4OSi-2. The molecule has 4 aromatic heterocycles. The van der Waals surface area contributed by atoms with E-state index in [2.05, 4.69) is 170 Å². The molecule has 0 spiro atoms. The van der Waals surface area contributed by atoms with Crippen LogP contribution in [0.5, 0.6) is 0 Å². The second-order valence-electron chi connectivity index (χ2n) is 17.8. The van der Waals surface area contributed by atoms with Gasteiger partial charge in [-0.25, -0.2) is 4.98 Å². The van der Waals surface area contributed by atoms with E-state index in [4.69, 9.17) is 14.4 Å². The Kier molecular flexibility index (Phi) is 12.2. The van der Waals surface area contributed by atoms with Crippen LogP contribution in [0.3, 0.4) is 0 Å². The van der Waals surface area contributed by atoms with E-state index in [0.717, 1.165) is 83.5 Å². The van der Waals surface area contributed by atoms with Gasteiger partial charge >= 0.3 is 0 Å². The Morgan fingerprint density at radius 3 is 2.18 bits per heavy atom. The third-order valence-electron chi connectivity index (χ3n) is 12.5. The summed E-state index contributed by atoms with van der Waals surface area (Å²) in [5.41, 5.74) is 12.6. The second kappa shape index (κ2) is 18.6. The van der Waals surface area contributed by atoms with Crippen LogP contribution in [0.4, 0.5) is 0 Å². The van der Waals surface area contributed by atoms with Gasteiger partial charge in [-0.2, -0.15) is 0 Å². The normalized spacial score (nSPS) is 13.2. The molecule has 11 rings (SSSR count). The number of furan rings is 1. The second-order valence-corrected chi connectivity index (χ2v) is 22.8. The number of aryl methyl sites for hydroxylation is 1. The predicted molar refractivity (Wildman–Crippen MR) is 273 cm³/mol. The van der Waals surface area contributed by atoms with Crippen LogP contribution >= 0.6 is 0 Å². The summed E-state index contributed by atoms with van der Waals surface area (Å²) in [5.74, 6) is 0.110. The first kappa shape index (κ1) is 43.1. The van der Waals surface area contributed by atoms with Crippen molar-refractivity contribution < 1.29 is 25.9 Å². The van der Waals surface area contributed by atoms with Crippen molar-refractivity contribution in [1.82, 2.24) is 19.5 Å². The van der Waals surface area contributed by atoms with E-state index >= 15 is 0 Å². The van der Waals surface area contributed by atoms with Crippen LogP contribution in [0.25, 0.3) is 83.3 Å². The van der Waals surface area contributed by atoms with Crippen LogP contribution in [-0.4, -0.2) is 27.6 Å². The summed E-state index contributed by atoms with van der Waals surface area (Å²) >= 11 is 0. The molecule has 0 saturated carbocycles. The predicted octanol–water partition coefficient (Wildman–Crippen LogP) is 14.9. The summed E-state index contributed by atoms with van der Waals surface area (Å²) in [5, 5.41) is 5.58. The molecule has 327 valence electrons. The number of rotatable bonds is 8. The molecule has 0 N–H and O–H groups in total. The number of hydrogen-bond acceptors (Lipinski definition) is 4. The SMILES string of the molecule is Cc1ccc2c(n1)oc1c(-c3nc4ccccc4n3-c3c(-c4ccccc4)ccc4ccccc34)[c-]ccc12.[2H]C(C)(c1cc(-c2[c-]cccc2)ncc1[Si](C)(C)C)C(C)c1ccccc1.[Ir]. The zero-order valence-corrected chi connectivity index (χ0v) is 41.3. The van der Waals surface area contributed by atoms with Crippen LogP contribution in [0.1, 0.15) is 43.9 Å². The van der Waals surface area contributed by atoms with Gasteiger partial charge in [-0.3, -0.25) is 4.98 Å². The van der Waals surface area contributed by atoms with E-state index in [-0.39, 0.29) is 26.0 Å². The van der Waals surface area contributed by atoms with Gasteiger partial charge in [0.1, 0.15) is 0 Å². The van der Waals surface area contributed by atoms with E-state index in [1.165, 1.54) is 16.1 Å². The van der Waals surface area contributed by atoms with Crippen molar-refractivity contribution in [3.8, 4) is 39.5 Å². The Hall–Kier alpha value is -6.76. The Labute approximate surface area is 403 Å². The van der Waals surface area contributed by atoms with Gasteiger partial charge in [0.05, 0.1) is 36.2 Å². The minimum atomic E-state index is -1.65. The zero-order valence-electron chi connectivity index (χ0n) is 38.9. The van der Waals surface area contributed by atoms with E-state index in [9.17, 15) is 1.37 Å². The fourth-order valence-electron chi connectivity index (χ4n) is 8.95. The van der Waals surface area contributed by atoms with Crippen molar-refractivity contribution in [3.63, 3.8) is 0 Å². The number of nitrogens with zero attached hydrogens (tertiary/aromatic N) is 4. The van der Waals surface area contributed by atoms with Crippen molar-refractivity contribution >= 4 is 57.1 Å². The van der Waals surface area contributed by atoms with Crippen LogP contribution in [0.2, 0.25) is 19.6 Å². The zero-order chi connectivity index (χ0) is 45.6. The molecule has 11 aromatic rings. The van der Waals surface area contributed by atoms with E-state index in [0.29, 0.717) is 5.71 Å². The fraction of sp³-hybridized carbons (Fsp3) is 0.136. The van der Waals surface area contributed by atoms with Gasteiger partial charge < -0.3 is 14.0 Å². The molecule has 5 nitrogen and oxygen atoms in total. The van der Waals surface area contributed by atoms with Crippen LogP contribution < -0.4 is 5.19 Å². The number of imidazole rings is 1. The quantitative estimate of drug-likeness (QED) is 0.112. The van der Waals surface area contributed by atoms with E-state index < -0.39 is 14.0 Å². The first-order chi connectivity index (χ1) is 32.0. The number of aromatic nitrogens is 4. The molecule has 2 atom stereocenters. The summed E-state index contributed by atoms with van der Waals surface area (Å²) in [7, 11) is -1.65. The maximum Gasteiger partial charge on any atom is 0.216 e. The van der Waals surface area contributed by atoms with Crippen LogP contribution in [0, 0.1) is 19.1 Å². The Balaban J connectivity index is 0.000000178. The standard InChI is InChI=1S/C35H22N3O.C24H28NSi.Ir/c1-22-18-20-28-27-14-9-15-29(33(27)39-35(28)36-22)34-37-30-16-7-8-17-31(30)38(34)32-25-13-6-5-12-24(25)19-21-26(32)23-10-3-2-4-11-23;1-18(20-12-8-6-9-13-20)19(2)22-16-23(21-14-10-7-11-15-21)25-17-24(22)26(3,4)5;/h2-14,16-21H,1H3;6-14,16-19H,1-5H3;/q2*-1;/i;19D;. The van der Waals surface area contributed by atoms with E-state index in [1.807, 2.05) is 74.6 Å². The molecule has 0 bridgehead atoms. The maximum atomic E-state index is 9.37. The van der Waals surface area contributed by atoms with Gasteiger partial charge in [-0.05, 0) is 70.4 Å². The molecule has 0 aliphatic carbocycles. The topological polar surface area (TPSA) is 56.7 Å². The van der Waals surface area contributed by atoms with Crippen LogP contribution in [-0.2, 0) is 20.1 Å². The smallest absolute Gasteiger partial charge is 0.216 e. The molecule has 7 heteroatoms. The molecule has 0 fully saturated rings. The third-order valence-corrected chi connectivity index (χ3v) is 14.5. The average Bonchev–Trinajstić information content (AvgIpc) is 3.92. The largest absolute Gasteiger partial charge is 0.486 e. The molecule has 0 aliphatic rings. The van der Waals surface area contributed by atoms with Gasteiger partial charge in [0, 0.05) is 49.7 Å². The molecule has 4 heterocycles. The van der Waals surface area contributed by atoms with E-state index in [1.54, 1.807) is 0 Å². The first-order valence-electron chi connectivity index (χ1n) is 22.8. The van der Waals surface area contributed by atoms with Gasteiger partial charge in [-0.1, -0.05) is 165 Å². The molecule has 7 aromatic carbocycles. The van der Waals surface area contributed by atoms with Crippen molar-refractivity contribution in [3.05, 3.63) is 211 Å². The molecule has 1 radical (unpaired) electrons. The summed E-state index contributed by atoms with van der Waals surface area (Å²) in [6, 6.07) is 67.0. The summed E-state index contributed by atoms with van der Waals surface area (Å²) in [6.45, 7) is 13.2. The number of fused-ring (bicyclic) bond motifs is 5. The summed E-state index contributed by atoms with van der Waals surface area (Å²) in [6.07, 6.45) is 2.02. The number of benzene rings is 7. The minimum Gasteiger partial charge on any atom is -0.486 e. The maximum absolute atomic E-state index is 9.37. The van der Waals surface area contributed by atoms with Crippen molar-refractivity contribution in [1.29, 1.82) is 0 Å². The van der Waals surface area contributed by atoms with Gasteiger partial charge in [0.25, 0.3) is 0 Å².